The summed E-state index contributed by atoms with van der Waals surface area (Å²) in [6, 6.07) is 24.3. The molecule has 0 radical (unpaired) electrons. The molecule has 1 amide bonds. The summed E-state index contributed by atoms with van der Waals surface area (Å²) in [4.78, 5) is 29.4. The normalized spacial score (nSPS) is 12.7. The maximum atomic E-state index is 14.1. The second-order valence-electron chi connectivity index (χ2n) is 9.48. The molecule has 212 valence electrons. The monoisotopic (exact) mass is 584 g/mol. The number of amides is 1. The van der Waals surface area contributed by atoms with Gasteiger partial charge >= 0.3 is 12.1 Å². The van der Waals surface area contributed by atoms with Gasteiger partial charge in [0, 0.05) is 23.3 Å². The number of fused-ring (bicyclic) bond motifs is 3. The van der Waals surface area contributed by atoms with Crippen molar-refractivity contribution in [3.63, 3.8) is 0 Å². The quantitative estimate of drug-likeness (QED) is 0.244. The van der Waals surface area contributed by atoms with Gasteiger partial charge in [-0.15, -0.1) is 0 Å². The molecule has 1 aromatic heterocycles. The topological polar surface area (TPSA) is 132 Å². The number of carboxylic acids is 1. The molecule has 0 atom stereocenters. The minimum absolute atomic E-state index is 0.0122. The number of para-hydroxylation sites is 2. The third-order valence-corrected chi connectivity index (χ3v) is 8.45. The van der Waals surface area contributed by atoms with Crippen LogP contribution in [0, 0.1) is 0 Å². The second-order valence-corrected chi connectivity index (χ2v) is 11.3. The molecule has 0 fully saturated rings. The van der Waals surface area contributed by atoms with E-state index in [4.69, 9.17) is 19.3 Å². The molecular weight excluding hydrogens is 560 g/mol. The summed E-state index contributed by atoms with van der Waals surface area (Å²) in [6.07, 6.45) is -1.04. The lowest BCUT2D eigenvalue weighted by molar-refractivity contribution is -0.136. The number of carbonyl (C=O) groups is 2. The molecule has 5 aromatic rings. The van der Waals surface area contributed by atoms with Crippen LogP contribution in [0.5, 0.6) is 17.2 Å². The third kappa shape index (κ3) is 5.17. The first-order chi connectivity index (χ1) is 20.3. The Hall–Kier alpha value is -5.16. The minimum atomic E-state index is -4.52. The fourth-order valence-corrected chi connectivity index (χ4v) is 6.04. The average Bonchev–Trinajstić information content (AvgIpc) is 3.00. The Morgan fingerprint density at radius 3 is 2.10 bits per heavy atom. The highest BCUT2D eigenvalue weighted by Gasteiger charge is 2.34. The molecule has 0 saturated carbocycles. The van der Waals surface area contributed by atoms with E-state index in [0.29, 0.717) is 44.0 Å². The largest absolute Gasteiger partial charge is 0.486 e. The maximum absolute atomic E-state index is 14.1. The number of hydrogen-bond acceptors (Lipinski definition) is 8. The number of anilines is 1. The number of pyridine rings is 1. The Labute approximate surface area is 240 Å². The zero-order valence-electron chi connectivity index (χ0n) is 22.1. The molecule has 0 bridgehead atoms. The summed E-state index contributed by atoms with van der Waals surface area (Å²) in [5.41, 5.74) is 1.77. The van der Waals surface area contributed by atoms with Gasteiger partial charge in [-0.3, -0.25) is 4.79 Å². The zero-order valence-corrected chi connectivity index (χ0v) is 22.9. The summed E-state index contributed by atoms with van der Waals surface area (Å²) in [5, 5.41) is 10.0. The van der Waals surface area contributed by atoms with E-state index in [1.165, 1.54) is 42.5 Å². The van der Waals surface area contributed by atoms with Gasteiger partial charge in [0.25, 0.3) is 10.0 Å². The Balaban J connectivity index is 1.45. The van der Waals surface area contributed by atoms with E-state index in [9.17, 15) is 18.0 Å². The Morgan fingerprint density at radius 2 is 1.45 bits per heavy atom. The smallest absolute Gasteiger partial charge is 0.434 e. The van der Waals surface area contributed by atoms with Gasteiger partial charge in [-0.05, 0) is 60.5 Å². The number of carbonyl (C=O) groups excluding carboxylic acids is 1. The highest BCUT2D eigenvalue weighted by molar-refractivity contribution is 7.93. The van der Waals surface area contributed by atoms with Crippen molar-refractivity contribution >= 4 is 49.6 Å². The van der Waals surface area contributed by atoms with E-state index < -0.39 is 22.1 Å². The molecule has 1 aliphatic heterocycles. The van der Waals surface area contributed by atoms with Crippen LogP contribution in [0.1, 0.15) is 12.0 Å². The molecule has 0 aliphatic carbocycles. The van der Waals surface area contributed by atoms with E-state index in [2.05, 4.69) is 4.98 Å². The summed E-state index contributed by atoms with van der Waals surface area (Å²) in [7, 11) is -4.52. The number of rotatable bonds is 7. The molecule has 6 rings (SSSR count). The Morgan fingerprint density at radius 1 is 0.833 bits per heavy atom. The molecule has 2 heterocycles. The lowest BCUT2D eigenvalue weighted by atomic mass is 10.1. The van der Waals surface area contributed by atoms with Gasteiger partial charge in [-0.2, -0.15) is 4.31 Å². The average molecular weight is 585 g/mol. The van der Waals surface area contributed by atoms with Gasteiger partial charge in [0.05, 0.1) is 21.6 Å². The summed E-state index contributed by atoms with van der Waals surface area (Å²) in [6.45, 7) is 0.604. The van der Waals surface area contributed by atoms with E-state index in [-0.39, 0.29) is 41.5 Å². The van der Waals surface area contributed by atoms with Crippen LogP contribution in [0.2, 0.25) is 0 Å². The van der Waals surface area contributed by atoms with Gasteiger partial charge in [0.1, 0.15) is 13.2 Å². The number of sulfonamides is 1. The number of aromatic nitrogens is 1. The Bertz CT molecular complexity index is 1890. The van der Waals surface area contributed by atoms with Gasteiger partial charge in [0.2, 0.25) is 0 Å². The predicted molar refractivity (Wildman–Crippen MR) is 155 cm³/mol. The number of nitrogens with zero attached hydrogens (tertiary/aromatic N) is 2. The lowest BCUT2D eigenvalue weighted by Crippen LogP contribution is -2.39. The molecule has 1 N–H and O–H groups in total. The molecular formula is C31H24N2O8S. The van der Waals surface area contributed by atoms with Gasteiger partial charge in [0.15, 0.2) is 17.2 Å². The molecule has 0 saturated heterocycles. The predicted octanol–water partition coefficient (Wildman–Crippen LogP) is 5.57. The molecule has 10 nitrogen and oxygen atoms in total. The van der Waals surface area contributed by atoms with E-state index in [1.807, 2.05) is 12.1 Å². The Kier molecular flexibility index (Phi) is 7.09. The second kappa shape index (κ2) is 11.0. The standard InChI is InChI=1S/C31H24N2O8S/c34-29(35)16-11-20-9-13-22(14-10-20)42(37,38)33(21-12-15-27-28(19-21)40-18-17-39-27)31(36)41-30-23-5-1-3-7-25(23)32-26-8-4-2-6-24(26)30/h1-10,12-15,19H,11,16-18H2,(H,34,35). The highest BCUT2D eigenvalue weighted by Crippen LogP contribution is 2.38. The fourth-order valence-electron chi connectivity index (χ4n) is 4.73. The number of benzene rings is 4. The number of ether oxygens (including phenoxy) is 3. The van der Waals surface area contributed by atoms with Crippen LogP contribution in [0.4, 0.5) is 10.5 Å². The maximum Gasteiger partial charge on any atom is 0.434 e. The van der Waals surface area contributed by atoms with Crippen LogP contribution in [-0.2, 0) is 21.2 Å². The lowest BCUT2D eigenvalue weighted by Gasteiger charge is -2.25. The number of hydrogen-bond donors (Lipinski definition) is 1. The first kappa shape index (κ1) is 27.0. The molecule has 11 heteroatoms. The SMILES string of the molecule is O=C(O)CCc1ccc(S(=O)(=O)N(C(=O)Oc2c3ccccc3nc3ccccc23)c2ccc3c(c2)OCCO3)cc1. The van der Waals surface area contributed by atoms with Crippen LogP contribution in [-0.4, -0.2) is 43.8 Å². The number of aryl methyl sites for hydroxylation is 1. The third-order valence-electron chi connectivity index (χ3n) is 6.74. The van der Waals surface area contributed by atoms with Crippen LogP contribution in [0.3, 0.4) is 0 Å². The number of aliphatic carboxylic acids is 1. The molecule has 1 aliphatic rings. The molecule has 0 spiro atoms. The first-order valence-corrected chi connectivity index (χ1v) is 14.5. The van der Waals surface area contributed by atoms with E-state index >= 15 is 0 Å². The summed E-state index contributed by atoms with van der Waals surface area (Å²) >= 11 is 0. The van der Waals surface area contributed by atoms with Crippen molar-refractivity contribution in [3.8, 4) is 17.2 Å². The van der Waals surface area contributed by atoms with Crippen LogP contribution >= 0.6 is 0 Å². The molecule has 4 aromatic carbocycles. The van der Waals surface area contributed by atoms with Crippen LogP contribution in [0.25, 0.3) is 21.8 Å². The summed E-state index contributed by atoms with van der Waals surface area (Å²) < 4.78 is 45.9. The van der Waals surface area contributed by atoms with Crippen molar-refractivity contribution in [1.82, 2.24) is 4.98 Å². The van der Waals surface area contributed by atoms with Crippen LogP contribution < -0.4 is 18.5 Å². The van der Waals surface area contributed by atoms with Crippen molar-refractivity contribution in [1.29, 1.82) is 0 Å². The molecule has 0 unspecified atom stereocenters. The van der Waals surface area contributed by atoms with Gasteiger partial charge in [-0.25, -0.2) is 18.2 Å². The van der Waals surface area contributed by atoms with E-state index in [0.717, 1.165) is 0 Å². The van der Waals surface area contributed by atoms with Crippen molar-refractivity contribution in [3.05, 3.63) is 96.6 Å². The van der Waals surface area contributed by atoms with Crippen molar-refractivity contribution in [2.75, 3.05) is 17.5 Å². The molecule has 42 heavy (non-hydrogen) atoms. The first-order valence-electron chi connectivity index (χ1n) is 13.1. The van der Waals surface area contributed by atoms with Gasteiger partial charge in [-0.1, -0.05) is 36.4 Å². The fraction of sp³-hybridized carbons (Fsp3) is 0.129. The van der Waals surface area contributed by atoms with E-state index in [1.54, 1.807) is 36.4 Å². The number of carboxylic acid groups (broad SMARTS) is 1. The summed E-state index contributed by atoms with van der Waals surface area (Å²) in [5.74, 6) is -0.0847. The van der Waals surface area contributed by atoms with Crippen molar-refractivity contribution in [2.24, 2.45) is 0 Å². The highest BCUT2D eigenvalue weighted by atomic mass is 32.2. The van der Waals surface area contributed by atoms with Crippen LogP contribution in [0.15, 0.2) is 95.9 Å². The van der Waals surface area contributed by atoms with Crippen molar-refractivity contribution in [2.45, 2.75) is 17.7 Å². The van der Waals surface area contributed by atoms with Gasteiger partial charge < -0.3 is 19.3 Å². The zero-order chi connectivity index (χ0) is 29.3. The van der Waals surface area contributed by atoms with Crippen molar-refractivity contribution < 1.29 is 37.3 Å². The minimum Gasteiger partial charge on any atom is -0.486 e.